The summed E-state index contributed by atoms with van der Waals surface area (Å²) >= 11 is 0. The molecule has 0 bridgehead atoms. The summed E-state index contributed by atoms with van der Waals surface area (Å²) in [7, 11) is 1.96. The van der Waals surface area contributed by atoms with E-state index in [0.717, 1.165) is 17.7 Å². The minimum Gasteiger partial charge on any atom is -0.318 e. The molecule has 1 aromatic heterocycles. The van der Waals surface area contributed by atoms with Gasteiger partial charge in [0, 0.05) is 31.5 Å². The lowest BCUT2D eigenvalue weighted by Gasteiger charge is -2.17. The van der Waals surface area contributed by atoms with Crippen molar-refractivity contribution in [3.8, 4) is 0 Å². The summed E-state index contributed by atoms with van der Waals surface area (Å²) in [5, 5.41) is 11.0. The largest absolute Gasteiger partial charge is 0.318 e. The van der Waals surface area contributed by atoms with E-state index in [9.17, 15) is 10.1 Å². The maximum Gasteiger partial charge on any atom is 0.293 e. The summed E-state index contributed by atoms with van der Waals surface area (Å²) in [5.41, 5.74) is 4.62. The van der Waals surface area contributed by atoms with Crippen molar-refractivity contribution < 1.29 is 4.92 Å². The number of rotatable bonds is 6. The topological polar surface area (TPSA) is 97.3 Å². The van der Waals surface area contributed by atoms with E-state index < -0.39 is 4.92 Å². The second-order valence-electron chi connectivity index (χ2n) is 4.78. The number of benzene rings is 1. The first-order valence-electron chi connectivity index (χ1n) is 6.41. The monoisotopic (exact) mass is 287 g/mol. The first-order valence-corrected chi connectivity index (χ1v) is 6.41. The minimum atomic E-state index is -0.443. The third kappa shape index (κ3) is 3.98. The van der Waals surface area contributed by atoms with Crippen molar-refractivity contribution in [2.24, 2.45) is 5.84 Å². The molecule has 0 unspecified atom stereocenters. The molecule has 2 rings (SSSR count). The van der Waals surface area contributed by atoms with Crippen LogP contribution in [0.3, 0.4) is 0 Å². The molecule has 7 heteroatoms. The van der Waals surface area contributed by atoms with Crippen LogP contribution in [0, 0.1) is 10.1 Å². The van der Waals surface area contributed by atoms with Crippen LogP contribution in [0.1, 0.15) is 11.1 Å². The van der Waals surface area contributed by atoms with Crippen LogP contribution in [-0.4, -0.2) is 21.9 Å². The van der Waals surface area contributed by atoms with Gasteiger partial charge in [-0.1, -0.05) is 6.07 Å². The van der Waals surface area contributed by atoms with Gasteiger partial charge in [0.05, 0.1) is 4.92 Å². The zero-order valence-corrected chi connectivity index (χ0v) is 11.7. The van der Waals surface area contributed by atoms with E-state index in [1.165, 1.54) is 6.07 Å². The molecule has 7 nitrogen and oxygen atoms in total. The molecule has 0 spiro atoms. The summed E-state index contributed by atoms with van der Waals surface area (Å²) in [4.78, 5) is 16.6. The molecular formula is C14H17N5O2. The molecule has 0 atom stereocenters. The smallest absolute Gasteiger partial charge is 0.293 e. The average molecular weight is 287 g/mol. The lowest BCUT2D eigenvalue weighted by molar-refractivity contribution is -0.384. The van der Waals surface area contributed by atoms with Gasteiger partial charge in [0.25, 0.3) is 5.69 Å². The number of nitro groups is 1. The van der Waals surface area contributed by atoms with Gasteiger partial charge in [-0.05, 0) is 36.4 Å². The molecule has 0 amide bonds. The number of hydrogen-bond donors (Lipinski definition) is 2. The Hall–Kier alpha value is -2.51. The number of nitrogens with zero attached hydrogens (tertiary/aromatic N) is 3. The van der Waals surface area contributed by atoms with E-state index in [2.05, 4.69) is 15.3 Å². The molecule has 3 N–H and O–H groups in total. The van der Waals surface area contributed by atoms with Crippen molar-refractivity contribution in [1.29, 1.82) is 0 Å². The molecular weight excluding hydrogens is 270 g/mol. The van der Waals surface area contributed by atoms with E-state index in [1.54, 1.807) is 18.5 Å². The molecule has 0 saturated carbocycles. The van der Waals surface area contributed by atoms with Crippen LogP contribution in [0.25, 0.3) is 0 Å². The zero-order valence-electron chi connectivity index (χ0n) is 11.7. The average Bonchev–Trinajstić information content (AvgIpc) is 2.48. The van der Waals surface area contributed by atoms with Gasteiger partial charge in [0.15, 0.2) is 0 Å². The van der Waals surface area contributed by atoms with Crippen molar-refractivity contribution in [3.63, 3.8) is 0 Å². The highest BCUT2D eigenvalue weighted by Crippen LogP contribution is 2.25. The van der Waals surface area contributed by atoms with Gasteiger partial charge < -0.3 is 5.43 Å². The van der Waals surface area contributed by atoms with Gasteiger partial charge in [0.1, 0.15) is 5.69 Å². The summed E-state index contributed by atoms with van der Waals surface area (Å²) < 4.78 is 0. The highest BCUT2D eigenvalue weighted by Gasteiger charge is 2.14. The maximum atomic E-state index is 11.0. The molecule has 0 saturated heterocycles. The number of aromatic nitrogens is 1. The highest BCUT2D eigenvalue weighted by atomic mass is 16.6. The third-order valence-corrected chi connectivity index (χ3v) is 3.07. The van der Waals surface area contributed by atoms with Crippen LogP contribution in [-0.2, 0) is 13.1 Å². The molecule has 1 heterocycles. The maximum absolute atomic E-state index is 11.0. The predicted molar refractivity (Wildman–Crippen MR) is 80.3 cm³/mol. The summed E-state index contributed by atoms with van der Waals surface area (Å²) in [6.07, 6.45) is 3.49. The predicted octanol–water partition coefficient (Wildman–Crippen LogP) is 1.91. The SMILES string of the molecule is CN(Cc1ccncc1)Cc1ccc(NN)c([N+](=O)[O-])c1. The number of hydrogen-bond acceptors (Lipinski definition) is 6. The fraction of sp³-hybridized carbons (Fsp3) is 0.214. The van der Waals surface area contributed by atoms with E-state index in [4.69, 9.17) is 5.84 Å². The quantitative estimate of drug-likeness (QED) is 0.478. The minimum absolute atomic E-state index is 0.0210. The first kappa shape index (κ1) is 14.9. The molecule has 1 aromatic carbocycles. The Balaban J connectivity index is 2.09. The second kappa shape index (κ2) is 6.78. The van der Waals surface area contributed by atoms with Crippen molar-refractivity contribution in [3.05, 3.63) is 64.0 Å². The van der Waals surface area contributed by atoms with Crippen LogP contribution in [0.5, 0.6) is 0 Å². The number of nitrogen functional groups attached to an aromatic ring is 1. The van der Waals surface area contributed by atoms with Crippen molar-refractivity contribution in [2.75, 3.05) is 12.5 Å². The Bertz CT molecular complexity index is 618. The lowest BCUT2D eigenvalue weighted by atomic mass is 10.1. The van der Waals surface area contributed by atoms with Gasteiger partial charge in [0.2, 0.25) is 0 Å². The Morgan fingerprint density at radius 1 is 1.24 bits per heavy atom. The number of nitrogens with two attached hydrogens (primary N) is 1. The van der Waals surface area contributed by atoms with Crippen LogP contribution in [0.15, 0.2) is 42.7 Å². The van der Waals surface area contributed by atoms with E-state index in [0.29, 0.717) is 12.2 Å². The number of pyridine rings is 1. The van der Waals surface area contributed by atoms with Gasteiger partial charge in [-0.25, -0.2) is 0 Å². The zero-order chi connectivity index (χ0) is 15.2. The van der Waals surface area contributed by atoms with Crippen LogP contribution >= 0.6 is 0 Å². The summed E-state index contributed by atoms with van der Waals surface area (Å²) in [5.74, 6) is 5.27. The van der Waals surface area contributed by atoms with Gasteiger partial charge in [-0.3, -0.25) is 25.8 Å². The Morgan fingerprint density at radius 3 is 2.52 bits per heavy atom. The Labute approximate surface area is 122 Å². The van der Waals surface area contributed by atoms with Crippen molar-refractivity contribution >= 4 is 11.4 Å². The summed E-state index contributed by atoms with van der Waals surface area (Å²) in [6, 6.07) is 8.87. The molecule has 0 radical (unpaired) electrons. The van der Waals surface area contributed by atoms with E-state index >= 15 is 0 Å². The number of nitro benzene ring substituents is 1. The normalized spacial score (nSPS) is 10.6. The molecule has 2 aromatic rings. The standard InChI is InChI=1S/C14H17N5O2/c1-18(9-11-4-6-16-7-5-11)10-12-2-3-13(17-15)14(8-12)19(20)21/h2-8,17H,9-10,15H2,1H3. The van der Waals surface area contributed by atoms with E-state index in [1.807, 2.05) is 25.2 Å². The highest BCUT2D eigenvalue weighted by molar-refractivity contribution is 5.61. The number of anilines is 1. The molecule has 110 valence electrons. The third-order valence-electron chi connectivity index (χ3n) is 3.07. The lowest BCUT2D eigenvalue weighted by Crippen LogP contribution is -2.17. The van der Waals surface area contributed by atoms with Crippen molar-refractivity contribution in [1.82, 2.24) is 9.88 Å². The molecule has 0 fully saturated rings. The Morgan fingerprint density at radius 2 is 1.90 bits per heavy atom. The summed E-state index contributed by atoms with van der Waals surface area (Å²) in [6.45, 7) is 1.35. The molecule has 0 aliphatic heterocycles. The van der Waals surface area contributed by atoms with E-state index in [-0.39, 0.29) is 5.69 Å². The fourth-order valence-corrected chi connectivity index (χ4v) is 2.12. The van der Waals surface area contributed by atoms with Crippen molar-refractivity contribution in [2.45, 2.75) is 13.1 Å². The van der Waals surface area contributed by atoms with Crippen LogP contribution < -0.4 is 11.3 Å². The molecule has 0 aliphatic rings. The van der Waals surface area contributed by atoms with Crippen LogP contribution in [0.4, 0.5) is 11.4 Å². The first-order chi connectivity index (χ1) is 10.1. The number of hydrazine groups is 1. The van der Waals surface area contributed by atoms with Gasteiger partial charge in [-0.15, -0.1) is 0 Å². The number of nitrogens with one attached hydrogen (secondary N) is 1. The van der Waals surface area contributed by atoms with Gasteiger partial charge in [-0.2, -0.15) is 0 Å². The Kier molecular flexibility index (Phi) is 4.81. The fourth-order valence-electron chi connectivity index (χ4n) is 2.12. The van der Waals surface area contributed by atoms with Gasteiger partial charge >= 0.3 is 0 Å². The second-order valence-corrected chi connectivity index (χ2v) is 4.78. The molecule has 21 heavy (non-hydrogen) atoms. The van der Waals surface area contributed by atoms with Crippen LogP contribution in [0.2, 0.25) is 0 Å². The molecule has 0 aliphatic carbocycles.